The molecule has 110 valence electrons. The summed E-state index contributed by atoms with van der Waals surface area (Å²) >= 11 is 0. The standard InChI is InChI=1S/C15H14O6/c1-19-14-7-6-11(8-12(14)17)20-15(18)21-13-5-3-2-4-10(13)9-16/h2-8,16-17H,9H2,1H3. The van der Waals surface area contributed by atoms with Crippen molar-refractivity contribution >= 4 is 6.16 Å². The molecule has 0 aliphatic carbocycles. The number of aromatic hydroxyl groups is 1. The van der Waals surface area contributed by atoms with Crippen LogP contribution in [0.25, 0.3) is 0 Å². The predicted octanol–water partition coefficient (Wildman–Crippen LogP) is 2.47. The first kappa shape index (κ1) is 14.7. The van der Waals surface area contributed by atoms with Crippen molar-refractivity contribution in [1.29, 1.82) is 0 Å². The molecule has 21 heavy (non-hydrogen) atoms. The lowest BCUT2D eigenvalue weighted by Crippen LogP contribution is -2.14. The number of rotatable bonds is 4. The summed E-state index contributed by atoms with van der Waals surface area (Å²) < 4.78 is 14.8. The van der Waals surface area contributed by atoms with Gasteiger partial charge in [0.05, 0.1) is 13.7 Å². The van der Waals surface area contributed by atoms with E-state index in [4.69, 9.17) is 19.3 Å². The SMILES string of the molecule is COc1ccc(OC(=O)Oc2ccccc2CO)cc1O. The smallest absolute Gasteiger partial charge is 0.504 e. The molecule has 0 spiro atoms. The van der Waals surface area contributed by atoms with Crippen LogP contribution >= 0.6 is 0 Å². The molecule has 2 aromatic rings. The lowest BCUT2D eigenvalue weighted by atomic mass is 10.2. The summed E-state index contributed by atoms with van der Waals surface area (Å²) in [5.74, 6) is 0.433. The molecule has 2 rings (SSSR count). The first-order valence-corrected chi connectivity index (χ1v) is 6.09. The second-order valence-electron chi connectivity index (χ2n) is 4.05. The van der Waals surface area contributed by atoms with Crippen molar-refractivity contribution in [2.24, 2.45) is 0 Å². The number of hydrogen-bond acceptors (Lipinski definition) is 6. The predicted molar refractivity (Wildman–Crippen MR) is 73.7 cm³/mol. The van der Waals surface area contributed by atoms with Crippen LogP contribution in [0, 0.1) is 0 Å². The molecule has 0 unspecified atom stereocenters. The maximum Gasteiger partial charge on any atom is 0.519 e. The average Bonchev–Trinajstić information content (AvgIpc) is 2.48. The van der Waals surface area contributed by atoms with Gasteiger partial charge in [-0.25, -0.2) is 4.79 Å². The number of hydrogen-bond donors (Lipinski definition) is 2. The number of para-hydroxylation sites is 1. The Kier molecular flexibility index (Phi) is 4.63. The zero-order valence-corrected chi connectivity index (χ0v) is 11.3. The second kappa shape index (κ2) is 6.62. The van der Waals surface area contributed by atoms with Gasteiger partial charge in [-0.05, 0) is 18.2 Å². The van der Waals surface area contributed by atoms with Crippen molar-refractivity contribution in [2.45, 2.75) is 6.61 Å². The molecule has 0 aliphatic heterocycles. The van der Waals surface area contributed by atoms with Crippen LogP contribution < -0.4 is 14.2 Å². The van der Waals surface area contributed by atoms with Crippen LogP contribution in [0.4, 0.5) is 4.79 Å². The van der Waals surface area contributed by atoms with Crippen LogP contribution in [0.15, 0.2) is 42.5 Å². The van der Waals surface area contributed by atoms with Crippen molar-refractivity contribution < 1.29 is 29.2 Å². The van der Waals surface area contributed by atoms with Crippen molar-refractivity contribution in [2.75, 3.05) is 7.11 Å². The van der Waals surface area contributed by atoms with Crippen LogP contribution in [0.2, 0.25) is 0 Å². The Morgan fingerprint density at radius 1 is 1.10 bits per heavy atom. The number of benzene rings is 2. The molecule has 0 heterocycles. The zero-order chi connectivity index (χ0) is 15.2. The molecule has 0 saturated heterocycles. The lowest BCUT2D eigenvalue weighted by molar-refractivity contribution is 0.150. The number of aliphatic hydroxyl groups is 1. The van der Waals surface area contributed by atoms with Crippen LogP contribution in [0.5, 0.6) is 23.0 Å². The molecule has 0 aromatic heterocycles. The van der Waals surface area contributed by atoms with E-state index in [0.29, 0.717) is 5.56 Å². The summed E-state index contributed by atoms with van der Waals surface area (Å²) in [5.41, 5.74) is 0.465. The van der Waals surface area contributed by atoms with E-state index >= 15 is 0 Å². The lowest BCUT2D eigenvalue weighted by Gasteiger charge is -2.09. The van der Waals surface area contributed by atoms with E-state index in [-0.39, 0.29) is 29.6 Å². The number of aliphatic hydroxyl groups excluding tert-OH is 1. The molecule has 0 fully saturated rings. The summed E-state index contributed by atoms with van der Waals surface area (Å²) in [4.78, 5) is 11.7. The van der Waals surface area contributed by atoms with Gasteiger partial charge in [0.1, 0.15) is 11.5 Å². The van der Waals surface area contributed by atoms with Gasteiger partial charge in [-0.3, -0.25) is 0 Å². The molecular weight excluding hydrogens is 276 g/mol. The third-order valence-electron chi connectivity index (χ3n) is 2.69. The fourth-order valence-electron chi connectivity index (χ4n) is 1.67. The summed E-state index contributed by atoms with van der Waals surface area (Å²) in [7, 11) is 1.41. The van der Waals surface area contributed by atoms with Crippen molar-refractivity contribution in [1.82, 2.24) is 0 Å². The zero-order valence-electron chi connectivity index (χ0n) is 11.3. The summed E-state index contributed by atoms with van der Waals surface area (Å²) in [6.45, 7) is -0.257. The highest BCUT2D eigenvalue weighted by atomic mass is 16.7. The number of carbonyl (C=O) groups is 1. The number of phenols is 1. The Morgan fingerprint density at radius 3 is 2.52 bits per heavy atom. The molecule has 0 radical (unpaired) electrons. The minimum Gasteiger partial charge on any atom is -0.504 e. The Hall–Kier alpha value is -2.73. The highest BCUT2D eigenvalue weighted by Gasteiger charge is 2.12. The van der Waals surface area contributed by atoms with Crippen LogP contribution in [-0.2, 0) is 6.61 Å². The molecule has 2 aromatic carbocycles. The summed E-state index contributed by atoms with van der Waals surface area (Å²) in [6, 6.07) is 10.7. The van der Waals surface area contributed by atoms with Gasteiger partial charge in [0.15, 0.2) is 11.5 Å². The van der Waals surface area contributed by atoms with Crippen LogP contribution in [0.3, 0.4) is 0 Å². The quantitative estimate of drug-likeness (QED) is 0.664. The monoisotopic (exact) mass is 290 g/mol. The minimum absolute atomic E-state index is 0.111. The highest BCUT2D eigenvalue weighted by molar-refractivity contribution is 5.68. The first-order chi connectivity index (χ1) is 10.1. The topological polar surface area (TPSA) is 85.2 Å². The number of phenolic OH excluding ortho intramolecular Hbond substituents is 1. The minimum atomic E-state index is -0.972. The fraction of sp³-hybridized carbons (Fsp3) is 0.133. The second-order valence-corrected chi connectivity index (χ2v) is 4.05. The van der Waals surface area contributed by atoms with Gasteiger partial charge >= 0.3 is 6.16 Å². The molecule has 0 saturated carbocycles. The van der Waals surface area contributed by atoms with Gasteiger partial charge in [0.25, 0.3) is 0 Å². The fourth-order valence-corrected chi connectivity index (χ4v) is 1.67. The van der Waals surface area contributed by atoms with E-state index in [9.17, 15) is 9.90 Å². The van der Waals surface area contributed by atoms with Gasteiger partial charge in [-0.2, -0.15) is 0 Å². The first-order valence-electron chi connectivity index (χ1n) is 6.09. The molecular formula is C15H14O6. The molecule has 0 bridgehead atoms. The third-order valence-corrected chi connectivity index (χ3v) is 2.69. The van der Waals surface area contributed by atoms with Gasteiger partial charge in [0.2, 0.25) is 0 Å². The molecule has 0 amide bonds. The van der Waals surface area contributed by atoms with E-state index < -0.39 is 6.16 Å². The third kappa shape index (κ3) is 3.64. The van der Waals surface area contributed by atoms with E-state index in [2.05, 4.69) is 0 Å². The highest BCUT2D eigenvalue weighted by Crippen LogP contribution is 2.30. The van der Waals surface area contributed by atoms with Crippen molar-refractivity contribution in [3.05, 3.63) is 48.0 Å². The Morgan fingerprint density at radius 2 is 1.86 bits per heavy atom. The molecule has 0 atom stereocenters. The maximum atomic E-state index is 11.7. The van der Waals surface area contributed by atoms with Crippen LogP contribution in [0.1, 0.15) is 5.56 Å². The summed E-state index contributed by atoms with van der Waals surface area (Å²) in [6.07, 6.45) is -0.972. The molecule has 6 heteroatoms. The van der Waals surface area contributed by atoms with E-state index in [1.165, 1.54) is 31.4 Å². The number of methoxy groups -OCH3 is 1. The number of carbonyl (C=O) groups excluding carboxylic acids is 1. The van der Waals surface area contributed by atoms with E-state index in [1.54, 1.807) is 18.2 Å². The molecule has 6 nitrogen and oxygen atoms in total. The Balaban J connectivity index is 2.06. The van der Waals surface area contributed by atoms with Gasteiger partial charge in [0, 0.05) is 11.6 Å². The number of ether oxygens (including phenoxy) is 3. The van der Waals surface area contributed by atoms with E-state index in [0.717, 1.165) is 0 Å². The largest absolute Gasteiger partial charge is 0.519 e. The van der Waals surface area contributed by atoms with E-state index in [1.807, 2.05) is 0 Å². The van der Waals surface area contributed by atoms with Crippen LogP contribution in [-0.4, -0.2) is 23.5 Å². The molecule has 2 N–H and O–H groups in total. The van der Waals surface area contributed by atoms with Gasteiger partial charge in [-0.1, -0.05) is 18.2 Å². The van der Waals surface area contributed by atoms with Gasteiger partial charge in [-0.15, -0.1) is 0 Å². The Labute approximate surface area is 121 Å². The molecule has 0 aliphatic rings. The maximum absolute atomic E-state index is 11.7. The summed E-state index contributed by atoms with van der Waals surface area (Å²) in [5, 5.41) is 18.7. The van der Waals surface area contributed by atoms with Crippen molar-refractivity contribution in [3.63, 3.8) is 0 Å². The normalized spacial score (nSPS) is 10.0. The Bertz CT molecular complexity index is 638. The van der Waals surface area contributed by atoms with Gasteiger partial charge < -0.3 is 24.4 Å². The average molecular weight is 290 g/mol. The van der Waals surface area contributed by atoms with Crippen molar-refractivity contribution in [3.8, 4) is 23.0 Å².